The van der Waals surface area contributed by atoms with Crippen LogP contribution in [0.15, 0.2) is 48.3 Å². The molecule has 0 bridgehead atoms. The lowest BCUT2D eigenvalue weighted by atomic mass is 10.0. The smallest absolute Gasteiger partial charge is 0.298 e. The summed E-state index contributed by atoms with van der Waals surface area (Å²) in [5.74, 6) is -0.942. The van der Waals surface area contributed by atoms with Crippen molar-refractivity contribution in [2.45, 2.75) is 25.6 Å². The topological polar surface area (TPSA) is 36.4 Å². The molecule has 1 aromatic carbocycles. The van der Waals surface area contributed by atoms with Crippen LogP contribution < -0.4 is 5.01 Å². The number of alkyl halides is 3. The van der Waals surface area contributed by atoms with E-state index >= 15 is 0 Å². The van der Waals surface area contributed by atoms with Crippen LogP contribution in [0.5, 0.6) is 0 Å². The third-order valence-electron chi connectivity index (χ3n) is 4.53. The highest BCUT2D eigenvalue weighted by molar-refractivity contribution is 5.77. The van der Waals surface area contributed by atoms with Gasteiger partial charge in [-0.1, -0.05) is 0 Å². The van der Waals surface area contributed by atoms with Crippen LogP contribution in [0.1, 0.15) is 23.7 Å². The molecular formula is C19H17F4N3O. The minimum Gasteiger partial charge on any atom is -0.298 e. The molecule has 0 saturated heterocycles. The van der Waals surface area contributed by atoms with Crippen LogP contribution in [0.4, 0.5) is 23.2 Å². The predicted octanol–water partition coefficient (Wildman–Crippen LogP) is 3.97. The molecule has 2 heterocycles. The Morgan fingerprint density at radius 2 is 1.96 bits per heavy atom. The summed E-state index contributed by atoms with van der Waals surface area (Å²) in [5.41, 5.74) is 0.953. The largest absolute Gasteiger partial charge is 0.416 e. The van der Waals surface area contributed by atoms with Crippen LogP contribution in [0.25, 0.3) is 0 Å². The Balaban J connectivity index is 1.89. The molecule has 0 radical (unpaired) electrons. The number of nitrogens with zero attached hydrogens (tertiary/aromatic N) is 3. The van der Waals surface area contributed by atoms with E-state index in [-0.39, 0.29) is 18.0 Å². The van der Waals surface area contributed by atoms with Gasteiger partial charge in [-0.3, -0.25) is 14.8 Å². The van der Waals surface area contributed by atoms with Gasteiger partial charge in [0.2, 0.25) is 0 Å². The first-order valence-corrected chi connectivity index (χ1v) is 8.19. The fraction of sp³-hybridized carbons (Fsp3) is 0.263. The molecule has 0 amide bonds. The zero-order valence-electron chi connectivity index (χ0n) is 14.7. The molecular weight excluding hydrogens is 362 g/mol. The van der Waals surface area contributed by atoms with Crippen molar-refractivity contribution in [2.75, 3.05) is 12.1 Å². The molecule has 0 spiro atoms. The van der Waals surface area contributed by atoms with Crippen LogP contribution in [0.2, 0.25) is 0 Å². The molecule has 0 saturated carbocycles. The summed E-state index contributed by atoms with van der Waals surface area (Å²) in [6, 6.07) is 5.79. The first-order chi connectivity index (χ1) is 12.7. The Labute approximate surface area is 153 Å². The molecule has 0 fully saturated rings. The Kier molecular flexibility index (Phi) is 5.01. The summed E-state index contributed by atoms with van der Waals surface area (Å²) in [7, 11) is 1.82. The highest BCUT2D eigenvalue weighted by Crippen LogP contribution is 2.31. The SMILES string of the molecule is CC1C(C=O)=CN(c2ccnc(Cc3cc(F)cc(C(F)(F)F)c3)c2)N1C. The van der Waals surface area contributed by atoms with Crippen LogP contribution in [0, 0.1) is 5.82 Å². The van der Waals surface area contributed by atoms with Gasteiger partial charge in [0.1, 0.15) is 12.1 Å². The van der Waals surface area contributed by atoms with Gasteiger partial charge in [-0.15, -0.1) is 0 Å². The maximum Gasteiger partial charge on any atom is 0.416 e. The summed E-state index contributed by atoms with van der Waals surface area (Å²) >= 11 is 0. The number of halogens is 4. The van der Waals surface area contributed by atoms with Crippen LogP contribution in [-0.4, -0.2) is 29.4 Å². The van der Waals surface area contributed by atoms with Crippen molar-refractivity contribution < 1.29 is 22.4 Å². The normalized spacial score (nSPS) is 17.9. The molecule has 1 unspecified atom stereocenters. The van der Waals surface area contributed by atoms with Crippen LogP contribution in [0.3, 0.4) is 0 Å². The van der Waals surface area contributed by atoms with Gasteiger partial charge in [0, 0.05) is 37.1 Å². The number of pyridine rings is 1. The number of rotatable bonds is 4. The van der Waals surface area contributed by atoms with Gasteiger partial charge in [0.15, 0.2) is 0 Å². The molecule has 3 rings (SSSR count). The first-order valence-electron chi connectivity index (χ1n) is 8.19. The number of aromatic nitrogens is 1. The fourth-order valence-corrected chi connectivity index (χ4v) is 2.96. The van der Waals surface area contributed by atoms with Gasteiger partial charge in [0.25, 0.3) is 0 Å². The molecule has 2 aromatic rings. The summed E-state index contributed by atoms with van der Waals surface area (Å²) in [6.45, 7) is 1.88. The van der Waals surface area contributed by atoms with E-state index in [1.807, 2.05) is 19.0 Å². The minimum absolute atomic E-state index is 0.0477. The number of hydrogen-bond donors (Lipinski definition) is 0. The Morgan fingerprint density at radius 3 is 2.59 bits per heavy atom. The monoisotopic (exact) mass is 379 g/mol. The van der Waals surface area contributed by atoms with Crippen molar-refractivity contribution in [1.82, 2.24) is 9.99 Å². The van der Waals surface area contributed by atoms with Gasteiger partial charge in [0.05, 0.1) is 17.3 Å². The van der Waals surface area contributed by atoms with E-state index in [1.165, 1.54) is 6.20 Å². The molecule has 142 valence electrons. The predicted molar refractivity (Wildman–Crippen MR) is 92.3 cm³/mol. The van der Waals surface area contributed by atoms with E-state index in [0.29, 0.717) is 23.0 Å². The maximum absolute atomic E-state index is 13.6. The summed E-state index contributed by atoms with van der Waals surface area (Å²) in [6.07, 6.45) is -0.558. The van der Waals surface area contributed by atoms with Crippen molar-refractivity contribution in [1.29, 1.82) is 0 Å². The van der Waals surface area contributed by atoms with E-state index in [1.54, 1.807) is 23.3 Å². The second kappa shape index (κ2) is 7.11. The van der Waals surface area contributed by atoms with Crippen molar-refractivity contribution >= 4 is 12.0 Å². The van der Waals surface area contributed by atoms with Crippen LogP contribution >= 0.6 is 0 Å². The van der Waals surface area contributed by atoms with Crippen molar-refractivity contribution in [3.05, 3.63) is 70.9 Å². The Hall–Kier alpha value is -2.74. The lowest BCUT2D eigenvalue weighted by Gasteiger charge is -2.28. The molecule has 1 aliphatic heterocycles. The second-order valence-electron chi connectivity index (χ2n) is 6.37. The van der Waals surface area contributed by atoms with Gasteiger partial charge in [-0.2, -0.15) is 13.2 Å². The van der Waals surface area contributed by atoms with Crippen molar-refractivity contribution in [2.24, 2.45) is 0 Å². The van der Waals surface area contributed by atoms with Crippen LogP contribution in [-0.2, 0) is 17.4 Å². The zero-order chi connectivity index (χ0) is 19.8. The Morgan fingerprint density at radius 1 is 1.22 bits per heavy atom. The standard InChI is InChI=1S/C19H17F4N3O/c1-12-14(11-27)10-26(25(12)2)18-3-4-24-17(9-18)7-13-5-15(19(21,22)23)8-16(20)6-13/h3-6,8-12H,7H2,1-2H3. The van der Waals surface area contributed by atoms with Gasteiger partial charge in [-0.25, -0.2) is 9.40 Å². The number of aldehydes is 1. The number of hydrazine groups is 1. The van der Waals surface area contributed by atoms with E-state index in [4.69, 9.17) is 0 Å². The van der Waals surface area contributed by atoms with E-state index in [2.05, 4.69) is 4.98 Å². The van der Waals surface area contributed by atoms with E-state index in [9.17, 15) is 22.4 Å². The molecule has 0 aliphatic carbocycles. The average Bonchev–Trinajstić information content (AvgIpc) is 2.89. The molecule has 1 aromatic heterocycles. The summed E-state index contributed by atoms with van der Waals surface area (Å²) in [4.78, 5) is 15.3. The average molecular weight is 379 g/mol. The number of benzene rings is 1. The minimum atomic E-state index is -4.61. The maximum atomic E-state index is 13.6. The second-order valence-corrected chi connectivity index (χ2v) is 6.37. The fourth-order valence-electron chi connectivity index (χ4n) is 2.96. The number of hydrogen-bond acceptors (Lipinski definition) is 4. The lowest BCUT2D eigenvalue weighted by Crippen LogP contribution is -2.37. The zero-order valence-corrected chi connectivity index (χ0v) is 14.7. The van der Waals surface area contributed by atoms with E-state index in [0.717, 1.165) is 18.4 Å². The third-order valence-corrected chi connectivity index (χ3v) is 4.53. The molecule has 4 nitrogen and oxygen atoms in total. The molecule has 8 heteroatoms. The molecule has 1 atom stereocenters. The highest BCUT2D eigenvalue weighted by Gasteiger charge is 2.31. The van der Waals surface area contributed by atoms with Gasteiger partial charge >= 0.3 is 6.18 Å². The molecule has 0 N–H and O–H groups in total. The van der Waals surface area contributed by atoms with Gasteiger partial charge < -0.3 is 0 Å². The summed E-state index contributed by atoms with van der Waals surface area (Å²) < 4.78 is 52.2. The lowest BCUT2D eigenvalue weighted by molar-refractivity contribution is -0.137. The Bertz CT molecular complexity index is 895. The first kappa shape index (κ1) is 19.0. The number of anilines is 1. The highest BCUT2D eigenvalue weighted by atomic mass is 19.4. The third kappa shape index (κ3) is 4.00. The van der Waals surface area contributed by atoms with Crippen molar-refractivity contribution in [3.63, 3.8) is 0 Å². The molecule has 1 aliphatic rings. The molecule has 27 heavy (non-hydrogen) atoms. The van der Waals surface area contributed by atoms with E-state index < -0.39 is 17.6 Å². The number of carbonyl (C=O) groups is 1. The number of carbonyl (C=O) groups excluding carboxylic acids is 1. The van der Waals surface area contributed by atoms with Crippen molar-refractivity contribution in [3.8, 4) is 0 Å². The van der Waals surface area contributed by atoms with Gasteiger partial charge in [-0.05, 0) is 42.8 Å². The number of likely N-dealkylation sites (N-methyl/N-ethyl adjacent to an activating group) is 1. The quantitative estimate of drug-likeness (QED) is 0.595. The summed E-state index contributed by atoms with van der Waals surface area (Å²) in [5, 5.41) is 3.62.